The molecule has 2 aromatic rings. The molecule has 3 nitrogen and oxygen atoms in total. The number of carbonyl (C=O) groups is 1. The van der Waals surface area contributed by atoms with Gasteiger partial charge in [-0.25, -0.2) is 0 Å². The second-order valence-corrected chi connectivity index (χ2v) is 7.07. The van der Waals surface area contributed by atoms with E-state index in [0.717, 1.165) is 30.6 Å². The zero-order valence-corrected chi connectivity index (χ0v) is 15.4. The van der Waals surface area contributed by atoms with Gasteiger partial charge in [-0.3, -0.25) is 4.79 Å². The Morgan fingerprint density at radius 2 is 1.52 bits per heavy atom. The molecule has 0 radical (unpaired) electrons. The van der Waals surface area contributed by atoms with E-state index in [1.165, 1.54) is 37.1 Å². The minimum Gasteiger partial charge on any atom is -0.342 e. The molecule has 0 unspecified atom stereocenters. The predicted octanol–water partition coefficient (Wildman–Crippen LogP) is 4.22. The summed E-state index contributed by atoms with van der Waals surface area (Å²) in [6.07, 6.45) is 3.69. The number of hydrogen-bond donors (Lipinski definition) is 0. The van der Waals surface area contributed by atoms with Crippen LogP contribution in [0.2, 0.25) is 0 Å². The van der Waals surface area contributed by atoms with E-state index < -0.39 is 0 Å². The number of likely N-dealkylation sites (tertiary alicyclic amines) is 1. The van der Waals surface area contributed by atoms with Gasteiger partial charge in [0.25, 0.3) is 5.91 Å². The van der Waals surface area contributed by atoms with E-state index in [1.807, 2.05) is 36.2 Å². The highest BCUT2D eigenvalue weighted by molar-refractivity contribution is 5.94. The number of nitrogens with zero attached hydrogens (tertiary/aromatic N) is 2. The molecule has 1 aliphatic heterocycles. The van der Waals surface area contributed by atoms with Crippen LogP contribution in [0.25, 0.3) is 11.1 Å². The predicted molar refractivity (Wildman–Crippen MR) is 104 cm³/mol. The molecule has 1 saturated heterocycles. The van der Waals surface area contributed by atoms with E-state index in [4.69, 9.17) is 0 Å². The van der Waals surface area contributed by atoms with E-state index in [9.17, 15) is 4.79 Å². The summed E-state index contributed by atoms with van der Waals surface area (Å²) in [6.45, 7) is 6.44. The monoisotopic (exact) mass is 336 g/mol. The molecule has 1 fully saturated rings. The fraction of sp³-hybridized carbons (Fsp3) is 0.409. The second-order valence-electron chi connectivity index (χ2n) is 7.07. The fourth-order valence-corrected chi connectivity index (χ4v) is 3.41. The van der Waals surface area contributed by atoms with Crippen molar-refractivity contribution in [2.75, 3.05) is 33.2 Å². The third-order valence-electron chi connectivity index (χ3n) is 5.03. The van der Waals surface area contributed by atoms with Crippen LogP contribution in [0.1, 0.15) is 35.2 Å². The molecule has 1 heterocycles. The first kappa shape index (κ1) is 17.7. The van der Waals surface area contributed by atoms with Crippen molar-refractivity contribution in [2.24, 2.45) is 0 Å². The molecule has 0 N–H and O–H groups in total. The maximum Gasteiger partial charge on any atom is 0.253 e. The standard InChI is InChI=1S/C22H28N2O/c1-18-6-8-19(9-7-18)20-10-12-21(13-11-20)22(25)23(2)14-5-17-24-15-3-4-16-24/h6-13H,3-5,14-17H2,1-2H3. The summed E-state index contributed by atoms with van der Waals surface area (Å²) in [4.78, 5) is 16.9. The first-order valence-corrected chi connectivity index (χ1v) is 9.28. The molecule has 132 valence electrons. The van der Waals surface area contributed by atoms with Crippen molar-refractivity contribution >= 4 is 5.91 Å². The van der Waals surface area contributed by atoms with Gasteiger partial charge in [-0.05, 0) is 69.1 Å². The van der Waals surface area contributed by atoms with Gasteiger partial charge in [0, 0.05) is 19.2 Å². The zero-order chi connectivity index (χ0) is 17.6. The smallest absolute Gasteiger partial charge is 0.253 e. The number of carbonyl (C=O) groups excluding carboxylic acids is 1. The summed E-state index contributed by atoms with van der Waals surface area (Å²) < 4.78 is 0. The van der Waals surface area contributed by atoms with Crippen molar-refractivity contribution < 1.29 is 4.79 Å². The van der Waals surface area contributed by atoms with Gasteiger partial charge in [0.1, 0.15) is 0 Å². The van der Waals surface area contributed by atoms with Crippen molar-refractivity contribution in [1.29, 1.82) is 0 Å². The zero-order valence-electron chi connectivity index (χ0n) is 15.4. The van der Waals surface area contributed by atoms with Crippen LogP contribution in [-0.4, -0.2) is 48.9 Å². The van der Waals surface area contributed by atoms with E-state index in [1.54, 1.807) is 0 Å². The Hall–Kier alpha value is -2.13. The molecule has 1 amide bonds. The summed E-state index contributed by atoms with van der Waals surface area (Å²) in [5.41, 5.74) is 4.35. The molecular weight excluding hydrogens is 308 g/mol. The lowest BCUT2D eigenvalue weighted by Crippen LogP contribution is -2.30. The Bertz CT molecular complexity index is 685. The third-order valence-corrected chi connectivity index (χ3v) is 5.03. The Balaban J connectivity index is 1.55. The average molecular weight is 336 g/mol. The number of aryl methyl sites for hydroxylation is 1. The molecular formula is C22H28N2O. The van der Waals surface area contributed by atoms with Crippen molar-refractivity contribution in [1.82, 2.24) is 9.80 Å². The van der Waals surface area contributed by atoms with Crippen LogP contribution in [0.4, 0.5) is 0 Å². The number of hydrogen-bond acceptors (Lipinski definition) is 2. The highest BCUT2D eigenvalue weighted by Gasteiger charge is 2.14. The number of amides is 1. The molecule has 25 heavy (non-hydrogen) atoms. The molecule has 0 spiro atoms. The van der Waals surface area contributed by atoms with E-state index in [0.29, 0.717) is 0 Å². The van der Waals surface area contributed by atoms with Crippen LogP contribution in [0, 0.1) is 6.92 Å². The van der Waals surface area contributed by atoms with Crippen LogP contribution in [0.3, 0.4) is 0 Å². The molecule has 0 bridgehead atoms. The Labute approximate surface area is 151 Å². The van der Waals surface area contributed by atoms with Crippen molar-refractivity contribution in [3.8, 4) is 11.1 Å². The average Bonchev–Trinajstić information content (AvgIpc) is 3.15. The van der Waals surface area contributed by atoms with Gasteiger partial charge in [0.05, 0.1) is 0 Å². The van der Waals surface area contributed by atoms with Crippen molar-refractivity contribution in [3.05, 3.63) is 59.7 Å². The molecule has 2 aromatic carbocycles. The van der Waals surface area contributed by atoms with Crippen LogP contribution in [0.15, 0.2) is 48.5 Å². The lowest BCUT2D eigenvalue weighted by Gasteiger charge is -2.20. The topological polar surface area (TPSA) is 23.6 Å². The lowest BCUT2D eigenvalue weighted by atomic mass is 10.0. The quantitative estimate of drug-likeness (QED) is 0.788. The Kier molecular flexibility index (Phi) is 5.87. The van der Waals surface area contributed by atoms with Crippen molar-refractivity contribution in [2.45, 2.75) is 26.2 Å². The van der Waals surface area contributed by atoms with E-state index in [2.05, 4.69) is 36.1 Å². The lowest BCUT2D eigenvalue weighted by molar-refractivity contribution is 0.0789. The summed E-state index contributed by atoms with van der Waals surface area (Å²) in [6, 6.07) is 16.4. The minimum absolute atomic E-state index is 0.108. The molecule has 1 aliphatic rings. The van der Waals surface area contributed by atoms with Gasteiger partial charge in [0.2, 0.25) is 0 Å². The summed E-state index contributed by atoms with van der Waals surface area (Å²) in [5.74, 6) is 0.108. The Morgan fingerprint density at radius 3 is 2.12 bits per heavy atom. The summed E-state index contributed by atoms with van der Waals surface area (Å²) in [5, 5.41) is 0. The molecule has 0 aliphatic carbocycles. The summed E-state index contributed by atoms with van der Waals surface area (Å²) in [7, 11) is 1.90. The van der Waals surface area contributed by atoms with Crippen LogP contribution in [0.5, 0.6) is 0 Å². The highest BCUT2D eigenvalue weighted by atomic mass is 16.2. The fourth-order valence-electron chi connectivity index (χ4n) is 3.41. The number of benzene rings is 2. The highest BCUT2D eigenvalue weighted by Crippen LogP contribution is 2.20. The van der Waals surface area contributed by atoms with Crippen LogP contribution in [-0.2, 0) is 0 Å². The molecule has 0 aromatic heterocycles. The van der Waals surface area contributed by atoms with E-state index in [-0.39, 0.29) is 5.91 Å². The first-order valence-electron chi connectivity index (χ1n) is 9.28. The summed E-state index contributed by atoms with van der Waals surface area (Å²) >= 11 is 0. The largest absolute Gasteiger partial charge is 0.342 e. The van der Waals surface area contributed by atoms with Gasteiger partial charge >= 0.3 is 0 Å². The van der Waals surface area contributed by atoms with Gasteiger partial charge in [-0.15, -0.1) is 0 Å². The first-order chi connectivity index (χ1) is 12.1. The minimum atomic E-state index is 0.108. The van der Waals surface area contributed by atoms with Crippen LogP contribution >= 0.6 is 0 Å². The molecule has 3 rings (SSSR count). The molecule has 0 atom stereocenters. The normalized spacial score (nSPS) is 14.6. The van der Waals surface area contributed by atoms with Gasteiger partial charge in [-0.2, -0.15) is 0 Å². The third kappa shape index (κ3) is 4.70. The SMILES string of the molecule is Cc1ccc(-c2ccc(C(=O)N(C)CCCN3CCCC3)cc2)cc1. The molecule has 0 saturated carbocycles. The van der Waals surface area contributed by atoms with Crippen molar-refractivity contribution in [3.63, 3.8) is 0 Å². The van der Waals surface area contributed by atoms with Gasteiger partial charge in [-0.1, -0.05) is 42.0 Å². The van der Waals surface area contributed by atoms with E-state index >= 15 is 0 Å². The maximum atomic E-state index is 12.6. The van der Waals surface area contributed by atoms with Gasteiger partial charge in [0.15, 0.2) is 0 Å². The Morgan fingerprint density at radius 1 is 0.960 bits per heavy atom. The van der Waals surface area contributed by atoms with Gasteiger partial charge < -0.3 is 9.80 Å². The molecule has 3 heteroatoms. The maximum absolute atomic E-state index is 12.6. The number of rotatable bonds is 6. The van der Waals surface area contributed by atoms with Crippen LogP contribution < -0.4 is 0 Å². The second kappa shape index (κ2) is 8.30.